The summed E-state index contributed by atoms with van der Waals surface area (Å²) in [5.41, 5.74) is 9.06. The van der Waals surface area contributed by atoms with E-state index in [1.807, 2.05) is 0 Å². The van der Waals surface area contributed by atoms with Crippen molar-refractivity contribution in [2.75, 3.05) is 0 Å². The summed E-state index contributed by atoms with van der Waals surface area (Å²) >= 11 is 0. The minimum Gasteiger partial charge on any atom is -0.238 e. The highest BCUT2D eigenvalue weighted by atomic mass is 15.6. The maximum atomic E-state index is 3.08. The van der Waals surface area contributed by atoms with Crippen molar-refractivity contribution in [2.45, 2.75) is 32.4 Å². The zero-order valence-corrected chi connectivity index (χ0v) is 8.01. The molecule has 0 saturated carbocycles. The summed E-state index contributed by atoms with van der Waals surface area (Å²) in [4.78, 5) is 0. The number of hydrogen-bond donors (Lipinski definition) is 2. The second-order valence-corrected chi connectivity index (χ2v) is 3.55. The number of hydrogen-bond acceptors (Lipinski definition) is 2. The number of rotatable bonds is 4. The monoisotopic (exact) mass is 176 g/mol. The third-order valence-corrected chi connectivity index (χ3v) is 2.47. The largest absolute Gasteiger partial charge is 0.238 e. The van der Waals surface area contributed by atoms with Crippen molar-refractivity contribution < 1.29 is 0 Å². The lowest BCUT2D eigenvalue weighted by atomic mass is 10.0. The Balaban J connectivity index is 1.93. The lowest BCUT2D eigenvalue weighted by Crippen LogP contribution is -1.96. The number of aryl methyl sites for hydroxylation is 2. The molecule has 0 aromatic heterocycles. The Kier molecular flexibility index (Phi) is 2.62. The smallest absolute Gasteiger partial charge is 0.0836 e. The summed E-state index contributed by atoms with van der Waals surface area (Å²) in [7, 11) is 0. The van der Waals surface area contributed by atoms with E-state index in [9.17, 15) is 0 Å². The van der Waals surface area contributed by atoms with Gasteiger partial charge in [-0.05, 0) is 30.4 Å². The van der Waals surface area contributed by atoms with Crippen LogP contribution in [0.3, 0.4) is 0 Å². The fourth-order valence-electron chi connectivity index (χ4n) is 1.52. The first-order valence-electron chi connectivity index (χ1n) is 4.97. The highest BCUT2D eigenvalue weighted by Gasteiger charge is 2.17. The third-order valence-electron chi connectivity index (χ3n) is 2.47. The molecule has 1 aromatic rings. The molecule has 1 heterocycles. The number of nitrogens with one attached hydrogen (secondary N) is 2. The first-order valence-corrected chi connectivity index (χ1v) is 4.97. The molecule has 2 nitrogen and oxygen atoms in total. The molecule has 1 aliphatic rings. The highest BCUT2D eigenvalue weighted by Crippen LogP contribution is 2.10. The van der Waals surface area contributed by atoms with E-state index in [0.29, 0.717) is 6.17 Å². The van der Waals surface area contributed by atoms with Gasteiger partial charge in [-0.3, -0.25) is 0 Å². The Bertz CT molecular complexity index is 279. The van der Waals surface area contributed by atoms with E-state index in [4.69, 9.17) is 0 Å². The quantitative estimate of drug-likeness (QED) is 0.685. The van der Waals surface area contributed by atoms with E-state index in [1.54, 1.807) is 0 Å². The topological polar surface area (TPSA) is 43.9 Å². The molecule has 0 amide bonds. The molecule has 0 unspecified atom stereocenters. The van der Waals surface area contributed by atoms with Gasteiger partial charge in [0, 0.05) is 0 Å². The summed E-state index contributed by atoms with van der Waals surface area (Å²) in [6.07, 6.45) is 4.05. The van der Waals surface area contributed by atoms with Crippen LogP contribution in [-0.4, -0.2) is 6.17 Å². The van der Waals surface area contributed by atoms with Crippen molar-refractivity contribution in [1.82, 2.24) is 10.9 Å². The number of hydrazine groups is 1. The molecule has 13 heavy (non-hydrogen) atoms. The zero-order chi connectivity index (χ0) is 9.10. The molecule has 0 aliphatic carbocycles. The summed E-state index contributed by atoms with van der Waals surface area (Å²) in [6, 6.07) is 8.86. The van der Waals surface area contributed by atoms with Crippen molar-refractivity contribution in [2.24, 2.45) is 0 Å². The van der Waals surface area contributed by atoms with E-state index < -0.39 is 0 Å². The van der Waals surface area contributed by atoms with E-state index in [-0.39, 0.29) is 0 Å². The van der Waals surface area contributed by atoms with E-state index in [0.717, 1.165) is 6.42 Å². The number of benzene rings is 1. The van der Waals surface area contributed by atoms with Crippen LogP contribution in [0.4, 0.5) is 0 Å². The molecule has 0 bridgehead atoms. The first kappa shape index (κ1) is 8.73. The molecule has 1 saturated heterocycles. The Morgan fingerprint density at radius 3 is 2.69 bits per heavy atom. The Morgan fingerprint density at radius 1 is 1.23 bits per heavy atom. The molecular formula is C11H16N2. The molecule has 2 rings (SSSR count). The zero-order valence-electron chi connectivity index (χ0n) is 8.01. The summed E-state index contributed by atoms with van der Waals surface area (Å²) in [5, 5.41) is 0. The fourth-order valence-corrected chi connectivity index (χ4v) is 1.52. The van der Waals surface area contributed by atoms with Gasteiger partial charge in [-0.2, -0.15) is 0 Å². The van der Waals surface area contributed by atoms with E-state index in [2.05, 4.69) is 42.0 Å². The summed E-state index contributed by atoms with van der Waals surface area (Å²) in [5.74, 6) is 0. The van der Waals surface area contributed by atoms with Gasteiger partial charge in [-0.1, -0.05) is 31.2 Å². The van der Waals surface area contributed by atoms with Crippen LogP contribution in [-0.2, 0) is 12.8 Å². The summed E-state index contributed by atoms with van der Waals surface area (Å²) < 4.78 is 0. The van der Waals surface area contributed by atoms with Crippen molar-refractivity contribution >= 4 is 0 Å². The molecule has 1 aromatic carbocycles. The van der Waals surface area contributed by atoms with Crippen LogP contribution in [0.15, 0.2) is 24.3 Å². The lowest BCUT2D eigenvalue weighted by molar-refractivity contribution is 0.786. The molecule has 2 heteroatoms. The van der Waals surface area contributed by atoms with Gasteiger partial charge in [0.05, 0.1) is 6.17 Å². The van der Waals surface area contributed by atoms with Gasteiger partial charge >= 0.3 is 0 Å². The van der Waals surface area contributed by atoms with E-state index in [1.165, 1.54) is 24.0 Å². The van der Waals surface area contributed by atoms with Gasteiger partial charge in [0.15, 0.2) is 0 Å². The maximum Gasteiger partial charge on any atom is 0.0836 e. The van der Waals surface area contributed by atoms with Crippen LogP contribution in [0.1, 0.15) is 24.5 Å². The van der Waals surface area contributed by atoms with Crippen molar-refractivity contribution in [3.05, 3.63) is 35.4 Å². The van der Waals surface area contributed by atoms with Gasteiger partial charge in [0.25, 0.3) is 0 Å². The fraction of sp³-hybridized carbons (Fsp3) is 0.455. The van der Waals surface area contributed by atoms with Gasteiger partial charge in [0.2, 0.25) is 0 Å². The lowest BCUT2D eigenvalue weighted by Gasteiger charge is -2.01. The van der Waals surface area contributed by atoms with Gasteiger partial charge in [0.1, 0.15) is 0 Å². The van der Waals surface area contributed by atoms with Crippen LogP contribution in [0.25, 0.3) is 0 Å². The Morgan fingerprint density at radius 2 is 2.00 bits per heavy atom. The van der Waals surface area contributed by atoms with Crippen molar-refractivity contribution in [1.29, 1.82) is 0 Å². The summed E-state index contributed by atoms with van der Waals surface area (Å²) in [6.45, 7) is 2.20. The van der Waals surface area contributed by atoms with Gasteiger partial charge in [-0.25, -0.2) is 10.9 Å². The molecular weight excluding hydrogens is 160 g/mol. The van der Waals surface area contributed by atoms with Crippen LogP contribution in [0, 0.1) is 0 Å². The standard InChI is InChI=1S/C11H16N2/c1-2-9-4-3-5-10(8-9)6-7-11-12-13-11/h3-5,8,11-13H,2,6-7H2,1H3. The molecule has 0 atom stereocenters. The maximum absolute atomic E-state index is 3.08. The Labute approximate surface area is 79.3 Å². The minimum atomic E-state index is 0.560. The average Bonchev–Trinajstić information content (AvgIpc) is 2.99. The molecule has 0 spiro atoms. The third kappa shape index (κ3) is 2.54. The second kappa shape index (κ2) is 3.90. The van der Waals surface area contributed by atoms with Crippen molar-refractivity contribution in [3.8, 4) is 0 Å². The SMILES string of the molecule is CCc1cccc(CCC2NN2)c1. The Hall–Kier alpha value is -0.860. The second-order valence-electron chi connectivity index (χ2n) is 3.55. The molecule has 0 radical (unpaired) electrons. The van der Waals surface area contributed by atoms with Crippen molar-refractivity contribution in [3.63, 3.8) is 0 Å². The molecule has 1 aliphatic heterocycles. The minimum absolute atomic E-state index is 0.560. The van der Waals surface area contributed by atoms with Crippen LogP contribution in [0.2, 0.25) is 0 Å². The predicted molar refractivity (Wildman–Crippen MR) is 54.2 cm³/mol. The molecule has 2 N–H and O–H groups in total. The molecule has 70 valence electrons. The van der Waals surface area contributed by atoms with Crippen LogP contribution >= 0.6 is 0 Å². The predicted octanol–water partition coefficient (Wildman–Crippen LogP) is 1.62. The van der Waals surface area contributed by atoms with Crippen LogP contribution < -0.4 is 10.9 Å². The van der Waals surface area contributed by atoms with Crippen LogP contribution in [0.5, 0.6) is 0 Å². The average molecular weight is 176 g/mol. The van der Waals surface area contributed by atoms with E-state index >= 15 is 0 Å². The van der Waals surface area contributed by atoms with Gasteiger partial charge < -0.3 is 0 Å². The highest BCUT2D eigenvalue weighted by molar-refractivity contribution is 5.23. The molecule has 1 fully saturated rings. The normalized spacial score (nSPS) is 16.1. The van der Waals surface area contributed by atoms with Gasteiger partial charge in [-0.15, -0.1) is 0 Å². The first-order chi connectivity index (χ1) is 6.38.